The highest BCUT2D eigenvalue weighted by atomic mass is 16.2. The van der Waals surface area contributed by atoms with Gasteiger partial charge in [-0.1, -0.05) is 36.4 Å². The highest BCUT2D eigenvalue weighted by molar-refractivity contribution is 6.07. The minimum atomic E-state index is -0.288. The molecule has 4 rings (SSSR count). The zero-order valence-electron chi connectivity index (χ0n) is 13.6. The van der Waals surface area contributed by atoms with Crippen LogP contribution in [0.1, 0.15) is 10.4 Å². The zero-order valence-corrected chi connectivity index (χ0v) is 13.6. The summed E-state index contributed by atoms with van der Waals surface area (Å²) in [7, 11) is 0. The molecule has 0 saturated carbocycles. The maximum absolute atomic E-state index is 12.6. The summed E-state index contributed by atoms with van der Waals surface area (Å²) in [5.74, 6) is 0.487. The largest absolute Gasteiger partial charge is 0.393 e. The molecule has 0 aliphatic rings. The van der Waals surface area contributed by atoms with Crippen LogP contribution in [-0.4, -0.2) is 25.4 Å². The van der Waals surface area contributed by atoms with Crippen molar-refractivity contribution in [2.45, 2.75) is 0 Å². The van der Waals surface area contributed by atoms with Gasteiger partial charge in [0.1, 0.15) is 18.3 Å². The summed E-state index contributed by atoms with van der Waals surface area (Å²) in [6, 6.07) is 13.3. The number of nitrogens with zero attached hydrogens (tertiary/aromatic N) is 4. The minimum Gasteiger partial charge on any atom is -0.393 e. The molecule has 0 fully saturated rings. The third-order valence-corrected chi connectivity index (χ3v) is 3.94. The topological polar surface area (TPSA) is 111 Å². The van der Waals surface area contributed by atoms with Gasteiger partial charge in [0.15, 0.2) is 11.6 Å². The van der Waals surface area contributed by atoms with E-state index in [1.807, 2.05) is 36.4 Å². The SMILES string of the molecule is Nc1c(NNC(=O)c2cccc3ccccc23)ncnc1-n1ccnc1. The van der Waals surface area contributed by atoms with Crippen LogP contribution in [0.2, 0.25) is 0 Å². The molecule has 2 heterocycles. The number of rotatable bonds is 4. The normalized spacial score (nSPS) is 10.6. The molecule has 4 N–H and O–H groups in total. The molecule has 0 spiro atoms. The Balaban J connectivity index is 1.58. The average Bonchev–Trinajstić information content (AvgIpc) is 3.21. The molecule has 1 amide bonds. The molecule has 4 aromatic rings. The fourth-order valence-electron chi connectivity index (χ4n) is 2.68. The molecular weight excluding hydrogens is 330 g/mol. The van der Waals surface area contributed by atoms with Crippen LogP contribution in [0.25, 0.3) is 16.6 Å². The van der Waals surface area contributed by atoms with Crippen LogP contribution < -0.4 is 16.6 Å². The number of aromatic nitrogens is 4. The Hall–Kier alpha value is -3.94. The van der Waals surface area contributed by atoms with Crippen LogP contribution >= 0.6 is 0 Å². The molecule has 0 aliphatic carbocycles. The Morgan fingerprint density at radius 1 is 1.08 bits per heavy atom. The van der Waals surface area contributed by atoms with Crippen molar-refractivity contribution in [3.05, 3.63) is 73.1 Å². The van der Waals surface area contributed by atoms with Gasteiger partial charge in [-0.2, -0.15) is 0 Å². The van der Waals surface area contributed by atoms with Crippen molar-refractivity contribution >= 4 is 28.2 Å². The van der Waals surface area contributed by atoms with E-state index in [1.165, 1.54) is 6.33 Å². The number of carbonyl (C=O) groups excluding carboxylic acids is 1. The number of fused-ring (bicyclic) bond motifs is 1. The van der Waals surface area contributed by atoms with Crippen molar-refractivity contribution in [1.29, 1.82) is 0 Å². The van der Waals surface area contributed by atoms with E-state index in [-0.39, 0.29) is 5.91 Å². The van der Waals surface area contributed by atoms with Gasteiger partial charge in [-0.05, 0) is 16.8 Å². The third kappa shape index (κ3) is 2.80. The molecule has 0 unspecified atom stereocenters. The Morgan fingerprint density at radius 2 is 1.92 bits per heavy atom. The van der Waals surface area contributed by atoms with E-state index < -0.39 is 0 Å². The van der Waals surface area contributed by atoms with Crippen molar-refractivity contribution in [3.63, 3.8) is 0 Å². The molecule has 0 atom stereocenters. The Bertz CT molecular complexity index is 1070. The Labute approximate surface area is 148 Å². The molecule has 0 aliphatic heterocycles. The first kappa shape index (κ1) is 15.6. The van der Waals surface area contributed by atoms with Crippen LogP contribution in [0, 0.1) is 0 Å². The van der Waals surface area contributed by atoms with Crippen LogP contribution in [0.4, 0.5) is 11.5 Å². The molecule has 26 heavy (non-hydrogen) atoms. The number of hydrogen-bond donors (Lipinski definition) is 3. The second kappa shape index (κ2) is 6.52. The van der Waals surface area contributed by atoms with Gasteiger partial charge in [0.2, 0.25) is 0 Å². The molecule has 8 heteroatoms. The van der Waals surface area contributed by atoms with E-state index in [2.05, 4.69) is 25.8 Å². The molecule has 8 nitrogen and oxygen atoms in total. The van der Waals surface area contributed by atoms with Gasteiger partial charge in [-0.3, -0.25) is 20.2 Å². The number of nitrogens with two attached hydrogens (primary N) is 1. The van der Waals surface area contributed by atoms with Gasteiger partial charge in [0, 0.05) is 18.0 Å². The number of anilines is 2. The summed E-state index contributed by atoms with van der Waals surface area (Å²) in [5, 5.41) is 1.85. The fraction of sp³-hybridized carbons (Fsp3) is 0. The lowest BCUT2D eigenvalue weighted by atomic mass is 10.0. The van der Waals surface area contributed by atoms with Crippen LogP contribution in [0.5, 0.6) is 0 Å². The van der Waals surface area contributed by atoms with Crippen LogP contribution in [-0.2, 0) is 0 Å². The van der Waals surface area contributed by atoms with E-state index >= 15 is 0 Å². The fourth-order valence-corrected chi connectivity index (χ4v) is 2.68. The molecule has 0 bridgehead atoms. The molecule has 0 radical (unpaired) electrons. The molecular formula is C18H15N7O. The molecule has 2 aromatic carbocycles. The van der Waals surface area contributed by atoms with Gasteiger partial charge in [0.05, 0.1) is 0 Å². The maximum Gasteiger partial charge on any atom is 0.270 e. The smallest absolute Gasteiger partial charge is 0.270 e. The number of nitrogens with one attached hydrogen (secondary N) is 2. The number of hydrogen-bond acceptors (Lipinski definition) is 6. The Kier molecular flexibility index (Phi) is 3.91. The first-order valence-electron chi connectivity index (χ1n) is 7.87. The third-order valence-electron chi connectivity index (χ3n) is 3.94. The van der Waals surface area contributed by atoms with Gasteiger partial charge < -0.3 is 5.73 Å². The highest BCUT2D eigenvalue weighted by Gasteiger charge is 2.12. The summed E-state index contributed by atoms with van der Waals surface area (Å²) in [4.78, 5) is 24.8. The number of imidazole rings is 1. The highest BCUT2D eigenvalue weighted by Crippen LogP contribution is 2.21. The van der Waals surface area contributed by atoms with E-state index in [0.29, 0.717) is 22.9 Å². The summed E-state index contributed by atoms with van der Waals surface area (Å²) in [6.45, 7) is 0. The summed E-state index contributed by atoms with van der Waals surface area (Å²) < 4.78 is 1.66. The first-order chi connectivity index (χ1) is 12.7. The number of hydrazine groups is 1. The van der Waals surface area contributed by atoms with E-state index in [4.69, 9.17) is 5.73 Å². The number of benzene rings is 2. The van der Waals surface area contributed by atoms with Crippen molar-refractivity contribution in [1.82, 2.24) is 24.9 Å². The van der Waals surface area contributed by atoms with Crippen LogP contribution in [0.15, 0.2) is 67.5 Å². The number of nitrogen functional groups attached to an aromatic ring is 1. The van der Waals surface area contributed by atoms with Crippen LogP contribution in [0.3, 0.4) is 0 Å². The quantitative estimate of drug-likeness (QED) is 0.489. The van der Waals surface area contributed by atoms with Gasteiger partial charge in [0.25, 0.3) is 5.91 Å². The zero-order chi connectivity index (χ0) is 17.9. The second-order valence-corrected chi connectivity index (χ2v) is 5.54. The minimum absolute atomic E-state index is 0.288. The van der Waals surface area contributed by atoms with Crippen molar-refractivity contribution in [3.8, 4) is 5.82 Å². The maximum atomic E-state index is 12.6. The molecule has 128 valence electrons. The predicted molar refractivity (Wildman–Crippen MR) is 98.6 cm³/mol. The summed E-state index contributed by atoms with van der Waals surface area (Å²) >= 11 is 0. The first-order valence-corrected chi connectivity index (χ1v) is 7.87. The summed E-state index contributed by atoms with van der Waals surface area (Å²) in [6.07, 6.45) is 6.28. The van der Waals surface area contributed by atoms with Gasteiger partial charge >= 0.3 is 0 Å². The van der Waals surface area contributed by atoms with Crippen molar-refractivity contribution in [2.75, 3.05) is 11.2 Å². The second-order valence-electron chi connectivity index (χ2n) is 5.54. The van der Waals surface area contributed by atoms with Gasteiger partial charge in [-0.25, -0.2) is 15.0 Å². The standard InChI is InChI=1S/C18H15N7O/c19-15-16(21-10-22-17(15)25-9-8-20-11-25)23-24-18(26)14-7-3-5-12-4-1-2-6-13(12)14/h1-11H,19H2,(H,24,26)(H,21,22,23). The summed E-state index contributed by atoms with van der Waals surface area (Å²) in [5.41, 5.74) is 12.4. The molecule has 0 saturated heterocycles. The predicted octanol–water partition coefficient (Wildman–Crippen LogP) is 2.15. The lowest BCUT2D eigenvalue weighted by Crippen LogP contribution is -2.30. The Morgan fingerprint density at radius 3 is 2.77 bits per heavy atom. The lowest BCUT2D eigenvalue weighted by molar-refractivity contribution is 0.0964. The molecule has 2 aromatic heterocycles. The van der Waals surface area contributed by atoms with Crippen molar-refractivity contribution in [2.24, 2.45) is 0 Å². The van der Waals surface area contributed by atoms with Crippen molar-refractivity contribution < 1.29 is 4.79 Å². The van der Waals surface area contributed by atoms with Gasteiger partial charge in [-0.15, -0.1) is 0 Å². The van der Waals surface area contributed by atoms with E-state index in [1.54, 1.807) is 29.4 Å². The monoisotopic (exact) mass is 345 g/mol. The lowest BCUT2D eigenvalue weighted by Gasteiger charge is -2.13. The van der Waals surface area contributed by atoms with E-state index in [9.17, 15) is 4.79 Å². The number of carbonyl (C=O) groups is 1. The average molecular weight is 345 g/mol. The van der Waals surface area contributed by atoms with E-state index in [0.717, 1.165) is 10.8 Å². The number of amides is 1.